The second-order valence-corrected chi connectivity index (χ2v) is 4.96. The van der Waals surface area contributed by atoms with Gasteiger partial charge in [-0.05, 0) is 43.7 Å². The number of aromatic nitrogens is 2. The van der Waals surface area contributed by atoms with Crippen molar-refractivity contribution >= 4 is 0 Å². The molecule has 17 heavy (non-hydrogen) atoms. The van der Waals surface area contributed by atoms with E-state index in [-0.39, 0.29) is 11.7 Å². The van der Waals surface area contributed by atoms with Crippen LogP contribution in [0.2, 0.25) is 0 Å². The first-order chi connectivity index (χ1) is 8.26. The summed E-state index contributed by atoms with van der Waals surface area (Å²) in [4.78, 5) is 15.6. The molecule has 0 spiro atoms. The van der Waals surface area contributed by atoms with Gasteiger partial charge in [0, 0.05) is 18.4 Å². The minimum atomic E-state index is -0.146. The average molecular weight is 235 g/mol. The zero-order valence-electron chi connectivity index (χ0n) is 10.4. The van der Waals surface area contributed by atoms with E-state index in [2.05, 4.69) is 11.9 Å². The van der Waals surface area contributed by atoms with Gasteiger partial charge in [-0.2, -0.15) is 0 Å². The molecule has 3 unspecified atom stereocenters. The summed E-state index contributed by atoms with van der Waals surface area (Å²) < 4.78 is 1.78. The van der Waals surface area contributed by atoms with Crippen LogP contribution < -0.4 is 11.4 Å². The van der Waals surface area contributed by atoms with Gasteiger partial charge in [-0.1, -0.05) is 13.3 Å². The molecule has 2 rings (SSSR count). The van der Waals surface area contributed by atoms with Crippen LogP contribution in [-0.2, 0) is 0 Å². The minimum Gasteiger partial charge on any atom is -0.330 e. The van der Waals surface area contributed by atoms with Crippen LogP contribution in [0.25, 0.3) is 0 Å². The predicted octanol–water partition coefficient (Wildman–Crippen LogP) is 1.57. The number of hydrogen-bond donors (Lipinski definition) is 1. The molecule has 4 heteroatoms. The first-order valence-electron chi connectivity index (χ1n) is 6.49. The number of hydrogen-bond acceptors (Lipinski definition) is 3. The van der Waals surface area contributed by atoms with Crippen LogP contribution in [0.1, 0.15) is 38.6 Å². The van der Waals surface area contributed by atoms with Crippen LogP contribution in [0, 0.1) is 11.8 Å². The van der Waals surface area contributed by atoms with Gasteiger partial charge in [-0.3, -0.25) is 4.57 Å². The van der Waals surface area contributed by atoms with Crippen molar-refractivity contribution < 1.29 is 0 Å². The van der Waals surface area contributed by atoms with E-state index in [0.29, 0.717) is 12.5 Å². The van der Waals surface area contributed by atoms with Gasteiger partial charge in [0.2, 0.25) is 0 Å². The SMILES string of the molecule is CCC1CCC(CN)C(n2cccnc2=O)C1. The summed E-state index contributed by atoms with van der Waals surface area (Å²) in [6, 6.07) is 2.06. The van der Waals surface area contributed by atoms with E-state index in [1.165, 1.54) is 12.8 Å². The lowest BCUT2D eigenvalue weighted by Crippen LogP contribution is -2.37. The molecular weight excluding hydrogens is 214 g/mol. The van der Waals surface area contributed by atoms with Gasteiger partial charge in [0.1, 0.15) is 0 Å². The standard InChI is InChI=1S/C13H21N3O/c1-2-10-4-5-11(9-14)12(8-10)16-7-3-6-15-13(16)17/h3,6-7,10-12H,2,4-5,8-9,14H2,1H3. The van der Waals surface area contributed by atoms with Crippen LogP contribution in [0.3, 0.4) is 0 Å². The number of nitrogens with two attached hydrogens (primary N) is 1. The number of rotatable bonds is 3. The molecule has 0 bridgehead atoms. The Morgan fingerprint density at radius 1 is 1.53 bits per heavy atom. The fraction of sp³-hybridized carbons (Fsp3) is 0.692. The van der Waals surface area contributed by atoms with E-state index in [1.54, 1.807) is 10.8 Å². The molecule has 0 saturated heterocycles. The highest BCUT2D eigenvalue weighted by molar-refractivity contribution is 4.90. The highest BCUT2D eigenvalue weighted by Gasteiger charge is 2.30. The van der Waals surface area contributed by atoms with Gasteiger partial charge in [0.05, 0.1) is 0 Å². The van der Waals surface area contributed by atoms with E-state index < -0.39 is 0 Å². The molecule has 0 amide bonds. The lowest BCUT2D eigenvalue weighted by atomic mass is 9.77. The maximum absolute atomic E-state index is 11.8. The Bertz CT molecular complexity index is 415. The minimum absolute atomic E-state index is 0.146. The van der Waals surface area contributed by atoms with E-state index in [4.69, 9.17) is 5.73 Å². The lowest BCUT2D eigenvalue weighted by molar-refractivity contribution is 0.180. The normalized spacial score (nSPS) is 29.2. The fourth-order valence-corrected chi connectivity index (χ4v) is 2.90. The third-order valence-electron chi connectivity index (χ3n) is 4.04. The number of nitrogens with zero attached hydrogens (tertiary/aromatic N) is 2. The van der Waals surface area contributed by atoms with Crippen LogP contribution in [0.5, 0.6) is 0 Å². The summed E-state index contributed by atoms with van der Waals surface area (Å²) >= 11 is 0. The average Bonchev–Trinajstić information content (AvgIpc) is 2.38. The largest absolute Gasteiger partial charge is 0.347 e. The Kier molecular flexibility index (Phi) is 3.94. The summed E-state index contributed by atoms with van der Waals surface area (Å²) in [5.41, 5.74) is 5.69. The summed E-state index contributed by atoms with van der Waals surface area (Å²) in [5, 5.41) is 0. The molecule has 1 aromatic heterocycles. The first kappa shape index (κ1) is 12.3. The smallest absolute Gasteiger partial charge is 0.330 e. The summed E-state index contributed by atoms with van der Waals surface area (Å²) in [6.45, 7) is 2.87. The molecule has 1 aliphatic carbocycles. The summed E-state index contributed by atoms with van der Waals surface area (Å²) in [7, 11) is 0. The van der Waals surface area contributed by atoms with E-state index in [1.807, 2.05) is 12.3 Å². The van der Waals surface area contributed by atoms with E-state index in [9.17, 15) is 4.79 Å². The highest BCUT2D eigenvalue weighted by Crippen LogP contribution is 2.37. The van der Waals surface area contributed by atoms with Crippen molar-refractivity contribution in [2.24, 2.45) is 17.6 Å². The second-order valence-electron chi connectivity index (χ2n) is 4.96. The third-order valence-corrected chi connectivity index (χ3v) is 4.04. The Hall–Kier alpha value is -1.16. The summed E-state index contributed by atoms with van der Waals surface area (Å²) in [6.07, 6.45) is 8.01. The van der Waals surface area contributed by atoms with Crippen LogP contribution >= 0.6 is 0 Å². The molecule has 0 aromatic carbocycles. The maximum atomic E-state index is 11.8. The van der Waals surface area contributed by atoms with Gasteiger partial charge in [0.25, 0.3) is 0 Å². The second kappa shape index (κ2) is 5.45. The fourth-order valence-electron chi connectivity index (χ4n) is 2.90. The Labute approximate surface area is 102 Å². The molecule has 0 aliphatic heterocycles. The highest BCUT2D eigenvalue weighted by atomic mass is 16.1. The molecule has 1 fully saturated rings. The molecule has 1 aliphatic rings. The van der Waals surface area contributed by atoms with Crippen molar-refractivity contribution in [3.8, 4) is 0 Å². The zero-order valence-corrected chi connectivity index (χ0v) is 10.4. The quantitative estimate of drug-likeness (QED) is 0.865. The van der Waals surface area contributed by atoms with Crippen LogP contribution in [0.4, 0.5) is 0 Å². The zero-order chi connectivity index (χ0) is 12.3. The molecule has 4 nitrogen and oxygen atoms in total. The Morgan fingerprint density at radius 3 is 3.00 bits per heavy atom. The van der Waals surface area contributed by atoms with Crippen LogP contribution in [0.15, 0.2) is 23.3 Å². The van der Waals surface area contributed by atoms with Crippen molar-refractivity contribution in [2.75, 3.05) is 6.54 Å². The third kappa shape index (κ3) is 2.57. The molecule has 2 N–H and O–H groups in total. The van der Waals surface area contributed by atoms with Crippen molar-refractivity contribution in [1.29, 1.82) is 0 Å². The Morgan fingerprint density at radius 2 is 2.35 bits per heavy atom. The van der Waals surface area contributed by atoms with Gasteiger partial charge in [-0.15, -0.1) is 0 Å². The molecular formula is C13H21N3O. The topological polar surface area (TPSA) is 60.9 Å². The van der Waals surface area contributed by atoms with Gasteiger partial charge >= 0.3 is 5.69 Å². The monoisotopic (exact) mass is 235 g/mol. The Balaban J connectivity index is 2.26. The van der Waals surface area contributed by atoms with Crippen molar-refractivity contribution in [1.82, 2.24) is 9.55 Å². The van der Waals surface area contributed by atoms with Gasteiger partial charge < -0.3 is 5.73 Å². The first-order valence-corrected chi connectivity index (χ1v) is 6.49. The van der Waals surface area contributed by atoms with Gasteiger partial charge in [-0.25, -0.2) is 9.78 Å². The van der Waals surface area contributed by atoms with Crippen molar-refractivity contribution in [3.05, 3.63) is 28.9 Å². The van der Waals surface area contributed by atoms with Crippen molar-refractivity contribution in [3.63, 3.8) is 0 Å². The summed E-state index contributed by atoms with van der Waals surface area (Å²) in [5.74, 6) is 1.13. The van der Waals surface area contributed by atoms with Crippen LogP contribution in [-0.4, -0.2) is 16.1 Å². The molecule has 94 valence electrons. The van der Waals surface area contributed by atoms with E-state index in [0.717, 1.165) is 18.8 Å². The molecule has 1 heterocycles. The lowest BCUT2D eigenvalue weighted by Gasteiger charge is -2.36. The molecule has 1 aromatic rings. The van der Waals surface area contributed by atoms with E-state index >= 15 is 0 Å². The molecule has 3 atom stereocenters. The molecule has 0 radical (unpaired) electrons. The molecule has 1 saturated carbocycles. The predicted molar refractivity (Wildman–Crippen MR) is 67.7 cm³/mol. The van der Waals surface area contributed by atoms with Crippen molar-refractivity contribution in [2.45, 2.75) is 38.6 Å². The maximum Gasteiger partial charge on any atom is 0.347 e. The van der Waals surface area contributed by atoms with Gasteiger partial charge in [0.15, 0.2) is 0 Å².